The minimum absolute atomic E-state index is 0.0546. The first-order valence-electron chi connectivity index (χ1n) is 4.34. The van der Waals surface area contributed by atoms with Gasteiger partial charge in [0, 0.05) is 18.4 Å². The van der Waals surface area contributed by atoms with Gasteiger partial charge in [-0.15, -0.1) is 0 Å². The normalized spacial score (nSPS) is 13.1. The number of nitrogens with zero attached hydrogens (tertiary/aromatic N) is 1. The van der Waals surface area contributed by atoms with E-state index in [0.29, 0.717) is 12.2 Å². The molecule has 1 atom stereocenters. The van der Waals surface area contributed by atoms with Crippen LogP contribution < -0.4 is 0 Å². The monoisotopic (exact) mass is 198 g/mol. The Labute approximate surface area is 82.0 Å². The number of aliphatic hydroxyl groups is 1. The van der Waals surface area contributed by atoms with E-state index in [1.807, 2.05) is 0 Å². The molecule has 78 valence electrons. The zero-order valence-corrected chi connectivity index (χ0v) is 7.97. The van der Waals surface area contributed by atoms with Gasteiger partial charge < -0.3 is 15.2 Å². The number of aliphatic carboxylic acids is 1. The Morgan fingerprint density at radius 2 is 2.43 bits per heavy atom. The smallest absolute Gasteiger partial charge is 0.327 e. The van der Waals surface area contributed by atoms with E-state index in [9.17, 15) is 4.79 Å². The van der Waals surface area contributed by atoms with E-state index in [-0.39, 0.29) is 6.61 Å². The van der Waals surface area contributed by atoms with Gasteiger partial charge in [0.15, 0.2) is 0 Å². The van der Waals surface area contributed by atoms with Crippen molar-refractivity contribution < 1.29 is 15.0 Å². The highest BCUT2D eigenvalue weighted by atomic mass is 16.4. The summed E-state index contributed by atoms with van der Waals surface area (Å²) in [6.45, 7) is 0.275. The Balaban J connectivity index is 2.80. The molecule has 1 rings (SSSR count). The minimum Gasteiger partial charge on any atom is -0.480 e. The zero-order chi connectivity index (χ0) is 10.6. The van der Waals surface area contributed by atoms with Crippen molar-refractivity contribution in [2.45, 2.75) is 6.04 Å². The van der Waals surface area contributed by atoms with E-state index < -0.39 is 12.0 Å². The van der Waals surface area contributed by atoms with Crippen molar-refractivity contribution in [2.75, 3.05) is 20.2 Å². The number of carboxylic acids is 1. The van der Waals surface area contributed by atoms with Crippen LogP contribution in [0.15, 0.2) is 18.3 Å². The first-order chi connectivity index (χ1) is 6.66. The maximum absolute atomic E-state index is 11.0. The number of likely N-dealkylation sites (N-methyl/N-ethyl adjacent to an activating group) is 1. The van der Waals surface area contributed by atoms with Crippen molar-refractivity contribution in [3.63, 3.8) is 0 Å². The predicted molar refractivity (Wildman–Crippen MR) is 50.9 cm³/mol. The predicted octanol–water partition coefficient (Wildman–Crippen LogP) is 0.0645. The van der Waals surface area contributed by atoms with Crippen LogP contribution in [0.5, 0.6) is 0 Å². The van der Waals surface area contributed by atoms with Crippen LogP contribution in [0, 0.1) is 0 Å². The molecule has 5 nitrogen and oxygen atoms in total. The number of carbonyl (C=O) groups is 1. The number of nitrogens with one attached hydrogen (secondary N) is 1. The molecule has 0 aliphatic carbocycles. The molecule has 0 saturated carbocycles. The summed E-state index contributed by atoms with van der Waals surface area (Å²) in [5.41, 5.74) is 0.619. The van der Waals surface area contributed by atoms with Crippen molar-refractivity contribution in [2.24, 2.45) is 0 Å². The lowest BCUT2D eigenvalue weighted by atomic mass is 10.2. The number of aromatic nitrogens is 1. The van der Waals surface area contributed by atoms with Gasteiger partial charge in [-0.1, -0.05) is 0 Å². The third-order valence-corrected chi connectivity index (χ3v) is 2.04. The van der Waals surface area contributed by atoms with Crippen molar-refractivity contribution >= 4 is 5.97 Å². The molecule has 0 aliphatic heterocycles. The summed E-state index contributed by atoms with van der Waals surface area (Å²) < 4.78 is 0. The van der Waals surface area contributed by atoms with E-state index in [4.69, 9.17) is 10.2 Å². The summed E-state index contributed by atoms with van der Waals surface area (Å²) in [6.07, 6.45) is 1.68. The second-order valence-corrected chi connectivity index (χ2v) is 3.07. The van der Waals surface area contributed by atoms with Crippen molar-refractivity contribution in [3.8, 4) is 0 Å². The lowest BCUT2D eigenvalue weighted by Gasteiger charge is -2.22. The van der Waals surface area contributed by atoms with E-state index in [0.717, 1.165) is 0 Å². The summed E-state index contributed by atoms with van der Waals surface area (Å²) >= 11 is 0. The molecule has 5 heteroatoms. The Bertz CT molecular complexity index is 284. The van der Waals surface area contributed by atoms with Crippen LogP contribution in [0.4, 0.5) is 0 Å². The van der Waals surface area contributed by atoms with Gasteiger partial charge in [0.1, 0.15) is 6.04 Å². The van der Waals surface area contributed by atoms with E-state index >= 15 is 0 Å². The molecule has 0 aliphatic rings. The lowest BCUT2D eigenvalue weighted by molar-refractivity contribution is -0.143. The molecular formula is C9H14N2O3. The average Bonchev–Trinajstić information content (AvgIpc) is 2.57. The fraction of sp³-hybridized carbons (Fsp3) is 0.444. The van der Waals surface area contributed by atoms with Crippen LogP contribution >= 0.6 is 0 Å². The summed E-state index contributed by atoms with van der Waals surface area (Å²) in [7, 11) is 1.66. The molecule has 3 N–H and O–H groups in total. The van der Waals surface area contributed by atoms with Crippen molar-refractivity contribution in [3.05, 3.63) is 24.0 Å². The molecule has 0 amide bonds. The SMILES string of the molecule is CN(CCO)C(C(=O)O)c1ccc[nH]1. The van der Waals surface area contributed by atoms with Crippen molar-refractivity contribution in [1.29, 1.82) is 0 Å². The Kier molecular flexibility index (Phi) is 3.67. The molecule has 0 fully saturated rings. The number of H-pyrrole nitrogens is 1. The molecule has 0 spiro atoms. The van der Waals surface area contributed by atoms with E-state index in [2.05, 4.69) is 4.98 Å². The van der Waals surface area contributed by atoms with Crippen LogP contribution in [0.2, 0.25) is 0 Å². The second-order valence-electron chi connectivity index (χ2n) is 3.07. The molecule has 1 heterocycles. The van der Waals surface area contributed by atoms with Gasteiger partial charge in [-0.2, -0.15) is 0 Å². The van der Waals surface area contributed by atoms with E-state index in [1.165, 1.54) is 0 Å². The molecule has 1 aromatic rings. The zero-order valence-electron chi connectivity index (χ0n) is 7.97. The largest absolute Gasteiger partial charge is 0.480 e. The number of hydrogen-bond donors (Lipinski definition) is 3. The highest BCUT2D eigenvalue weighted by Crippen LogP contribution is 2.16. The summed E-state index contributed by atoms with van der Waals surface area (Å²) in [4.78, 5) is 15.4. The summed E-state index contributed by atoms with van der Waals surface area (Å²) in [5.74, 6) is -0.927. The fourth-order valence-corrected chi connectivity index (χ4v) is 1.36. The number of rotatable bonds is 5. The number of hydrogen-bond acceptors (Lipinski definition) is 3. The van der Waals surface area contributed by atoms with Gasteiger partial charge in [0.05, 0.1) is 6.61 Å². The average molecular weight is 198 g/mol. The number of aliphatic hydroxyl groups excluding tert-OH is 1. The van der Waals surface area contributed by atoms with Crippen LogP contribution in [0.3, 0.4) is 0 Å². The molecule has 0 radical (unpaired) electrons. The summed E-state index contributed by atoms with van der Waals surface area (Å²) in [5, 5.41) is 17.7. The van der Waals surface area contributed by atoms with Gasteiger partial charge in [-0.05, 0) is 19.2 Å². The topological polar surface area (TPSA) is 76.6 Å². The van der Waals surface area contributed by atoms with Crippen LogP contribution in [0.25, 0.3) is 0 Å². The van der Waals surface area contributed by atoms with Crippen LogP contribution in [0.1, 0.15) is 11.7 Å². The maximum atomic E-state index is 11.0. The third-order valence-electron chi connectivity index (χ3n) is 2.04. The fourth-order valence-electron chi connectivity index (χ4n) is 1.36. The highest BCUT2D eigenvalue weighted by molar-refractivity contribution is 5.74. The third kappa shape index (κ3) is 2.34. The molecule has 0 bridgehead atoms. The van der Waals surface area contributed by atoms with Gasteiger partial charge >= 0.3 is 5.97 Å². The Hall–Kier alpha value is -1.33. The number of carboxylic acid groups (broad SMARTS) is 1. The van der Waals surface area contributed by atoms with Crippen LogP contribution in [-0.2, 0) is 4.79 Å². The lowest BCUT2D eigenvalue weighted by Crippen LogP contribution is -2.33. The molecule has 0 aromatic carbocycles. The van der Waals surface area contributed by atoms with E-state index in [1.54, 1.807) is 30.3 Å². The highest BCUT2D eigenvalue weighted by Gasteiger charge is 2.24. The molecule has 0 saturated heterocycles. The van der Waals surface area contributed by atoms with Gasteiger partial charge in [-0.25, -0.2) is 0 Å². The first-order valence-corrected chi connectivity index (χ1v) is 4.34. The van der Waals surface area contributed by atoms with Crippen molar-refractivity contribution in [1.82, 2.24) is 9.88 Å². The quantitative estimate of drug-likeness (QED) is 0.625. The molecular weight excluding hydrogens is 184 g/mol. The molecule has 14 heavy (non-hydrogen) atoms. The standard InChI is InChI=1S/C9H14N2O3/c1-11(5-6-12)8(9(13)14)7-3-2-4-10-7/h2-4,8,10,12H,5-6H2,1H3,(H,13,14). The van der Waals surface area contributed by atoms with Crippen LogP contribution in [-0.4, -0.2) is 46.3 Å². The minimum atomic E-state index is -0.927. The second kappa shape index (κ2) is 4.78. The summed E-state index contributed by atoms with van der Waals surface area (Å²) in [6, 6.07) is 2.74. The molecule has 1 aromatic heterocycles. The maximum Gasteiger partial charge on any atom is 0.327 e. The Morgan fingerprint density at radius 3 is 2.86 bits per heavy atom. The van der Waals surface area contributed by atoms with Gasteiger partial charge in [0.25, 0.3) is 0 Å². The van der Waals surface area contributed by atoms with Gasteiger partial charge in [-0.3, -0.25) is 9.69 Å². The Morgan fingerprint density at radius 1 is 1.71 bits per heavy atom. The first kappa shape index (κ1) is 10.7. The molecule has 1 unspecified atom stereocenters. The van der Waals surface area contributed by atoms with Gasteiger partial charge in [0.2, 0.25) is 0 Å². The number of aromatic amines is 1.